The van der Waals surface area contributed by atoms with Crippen molar-refractivity contribution in [1.82, 2.24) is 9.38 Å². The third-order valence-electron chi connectivity index (χ3n) is 1.54. The Labute approximate surface area is 89.3 Å². The highest BCUT2D eigenvalue weighted by atomic mass is 79.9. The average molecular weight is 257 g/mol. The van der Waals surface area contributed by atoms with Crippen molar-refractivity contribution in [3.05, 3.63) is 34.7 Å². The van der Waals surface area contributed by atoms with Crippen LogP contribution in [0.3, 0.4) is 0 Å². The molecule has 0 spiro atoms. The van der Waals surface area contributed by atoms with E-state index in [4.69, 9.17) is 9.90 Å². The van der Waals surface area contributed by atoms with Gasteiger partial charge in [-0.15, -0.1) is 0 Å². The summed E-state index contributed by atoms with van der Waals surface area (Å²) in [5.74, 6) is 0. The van der Waals surface area contributed by atoms with Crippen LogP contribution in [0, 0.1) is 6.92 Å². The van der Waals surface area contributed by atoms with Gasteiger partial charge in [-0.3, -0.25) is 4.79 Å². The molecule has 74 valence electrons. The lowest BCUT2D eigenvalue weighted by molar-refractivity contribution is -0.122. The van der Waals surface area contributed by atoms with Gasteiger partial charge in [0.15, 0.2) is 0 Å². The van der Waals surface area contributed by atoms with Gasteiger partial charge in [-0.05, 0) is 35.0 Å². The Balaban J connectivity index is 0.000000293. The second-order valence-electron chi connectivity index (χ2n) is 2.60. The molecule has 2 aromatic heterocycles. The number of carboxylic acid groups (broad SMARTS) is 1. The summed E-state index contributed by atoms with van der Waals surface area (Å²) in [4.78, 5) is 12.7. The highest BCUT2D eigenvalue weighted by molar-refractivity contribution is 9.10. The molecule has 0 saturated carbocycles. The van der Waals surface area contributed by atoms with Crippen LogP contribution in [0.15, 0.2) is 29.0 Å². The molecule has 2 aromatic rings. The predicted octanol–water partition coefficient (Wildman–Crippen LogP) is 2.11. The molecule has 2 rings (SSSR count). The number of nitrogens with zero attached hydrogens (tertiary/aromatic N) is 2. The fourth-order valence-electron chi connectivity index (χ4n) is 1.09. The van der Waals surface area contributed by atoms with Crippen LogP contribution >= 0.6 is 15.9 Å². The molecule has 0 aromatic carbocycles. The Bertz CT molecular complexity index is 439. The van der Waals surface area contributed by atoms with E-state index in [1.807, 2.05) is 35.9 Å². The molecule has 0 fully saturated rings. The van der Waals surface area contributed by atoms with E-state index in [1.165, 1.54) is 0 Å². The summed E-state index contributed by atoms with van der Waals surface area (Å²) >= 11 is 3.39. The average Bonchev–Trinajstić information content (AvgIpc) is 2.45. The maximum absolute atomic E-state index is 8.36. The van der Waals surface area contributed by atoms with E-state index in [9.17, 15) is 0 Å². The first-order valence-electron chi connectivity index (χ1n) is 3.86. The number of halogens is 1. The minimum Gasteiger partial charge on any atom is -0.483 e. The standard InChI is InChI=1S/C8H7BrN2.CH2O2/c1-6-4-11-5-7(9)2-3-8(11)10-6;2-1-3/h2-5H,1H3;1H,(H,2,3). The Kier molecular flexibility index (Phi) is 3.64. The molecule has 0 amide bonds. The third kappa shape index (κ3) is 2.56. The van der Waals surface area contributed by atoms with Gasteiger partial charge in [-0.1, -0.05) is 0 Å². The van der Waals surface area contributed by atoms with Crippen molar-refractivity contribution in [2.75, 3.05) is 0 Å². The minimum atomic E-state index is -0.250. The molecular formula is C9H9BrN2O2. The molecule has 0 aliphatic carbocycles. The second kappa shape index (κ2) is 4.76. The highest BCUT2D eigenvalue weighted by Crippen LogP contribution is 2.11. The van der Waals surface area contributed by atoms with Gasteiger partial charge in [0.2, 0.25) is 0 Å². The summed E-state index contributed by atoms with van der Waals surface area (Å²) in [6, 6.07) is 3.97. The molecule has 4 nitrogen and oxygen atoms in total. The number of imidazole rings is 1. The van der Waals surface area contributed by atoms with E-state index in [2.05, 4.69) is 20.9 Å². The smallest absolute Gasteiger partial charge is 0.290 e. The molecular weight excluding hydrogens is 248 g/mol. The molecule has 0 aliphatic rings. The topological polar surface area (TPSA) is 54.6 Å². The van der Waals surface area contributed by atoms with Crippen molar-refractivity contribution in [3.8, 4) is 0 Å². The monoisotopic (exact) mass is 256 g/mol. The van der Waals surface area contributed by atoms with Gasteiger partial charge in [-0.2, -0.15) is 0 Å². The quantitative estimate of drug-likeness (QED) is 0.735. The zero-order valence-corrected chi connectivity index (χ0v) is 9.10. The highest BCUT2D eigenvalue weighted by Gasteiger charge is 1.95. The molecule has 14 heavy (non-hydrogen) atoms. The first-order valence-corrected chi connectivity index (χ1v) is 4.65. The van der Waals surface area contributed by atoms with Gasteiger partial charge in [0.05, 0.1) is 5.69 Å². The van der Waals surface area contributed by atoms with E-state index in [0.717, 1.165) is 15.8 Å². The Morgan fingerprint density at radius 3 is 2.79 bits per heavy atom. The minimum absolute atomic E-state index is 0.250. The lowest BCUT2D eigenvalue weighted by Gasteiger charge is -1.91. The fourth-order valence-corrected chi connectivity index (χ4v) is 1.44. The van der Waals surface area contributed by atoms with Crippen LogP contribution in [0.4, 0.5) is 0 Å². The lowest BCUT2D eigenvalue weighted by atomic mass is 10.5. The normalized spacial score (nSPS) is 9.29. The van der Waals surface area contributed by atoms with Gasteiger partial charge in [0, 0.05) is 16.9 Å². The number of rotatable bonds is 0. The number of aromatic nitrogens is 2. The summed E-state index contributed by atoms with van der Waals surface area (Å²) in [6.07, 6.45) is 4.00. The van der Waals surface area contributed by atoms with Crippen molar-refractivity contribution >= 4 is 28.0 Å². The maximum atomic E-state index is 8.36. The summed E-state index contributed by atoms with van der Waals surface area (Å²) < 4.78 is 3.07. The number of aryl methyl sites for hydroxylation is 1. The molecule has 0 radical (unpaired) electrons. The molecule has 0 atom stereocenters. The van der Waals surface area contributed by atoms with E-state index < -0.39 is 0 Å². The largest absolute Gasteiger partial charge is 0.483 e. The van der Waals surface area contributed by atoms with Crippen molar-refractivity contribution in [1.29, 1.82) is 0 Å². The predicted molar refractivity (Wildman–Crippen MR) is 56.3 cm³/mol. The number of hydrogen-bond acceptors (Lipinski definition) is 2. The summed E-state index contributed by atoms with van der Waals surface area (Å²) in [5.41, 5.74) is 2.04. The molecule has 0 aliphatic heterocycles. The van der Waals surface area contributed by atoms with Crippen LogP contribution in [-0.4, -0.2) is 21.0 Å². The van der Waals surface area contributed by atoms with Crippen LogP contribution < -0.4 is 0 Å². The first kappa shape index (κ1) is 10.7. The van der Waals surface area contributed by atoms with E-state index in [1.54, 1.807) is 0 Å². The summed E-state index contributed by atoms with van der Waals surface area (Å²) in [5, 5.41) is 6.89. The van der Waals surface area contributed by atoms with Crippen LogP contribution in [0.5, 0.6) is 0 Å². The van der Waals surface area contributed by atoms with Gasteiger partial charge < -0.3 is 9.51 Å². The lowest BCUT2D eigenvalue weighted by Crippen LogP contribution is -1.80. The van der Waals surface area contributed by atoms with Crippen LogP contribution in [0.1, 0.15) is 5.69 Å². The van der Waals surface area contributed by atoms with Crippen LogP contribution in [0.2, 0.25) is 0 Å². The number of pyridine rings is 1. The van der Waals surface area contributed by atoms with Crippen molar-refractivity contribution in [2.24, 2.45) is 0 Å². The molecule has 1 N–H and O–H groups in total. The Morgan fingerprint density at radius 1 is 1.50 bits per heavy atom. The molecule has 2 heterocycles. The summed E-state index contributed by atoms with van der Waals surface area (Å²) in [7, 11) is 0. The first-order chi connectivity index (χ1) is 6.67. The number of hydrogen-bond donors (Lipinski definition) is 1. The van der Waals surface area contributed by atoms with Crippen molar-refractivity contribution in [2.45, 2.75) is 6.92 Å². The van der Waals surface area contributed by atoms with Gasteiger partial charge in [-0.25, -0.2) is 4.98 Å². The second-order valence-corrected chi connectivity index (χ2v) is 3.52. The Hall–Kier alpha value is -1.36. The van der Waals surface area contributed by atoms with Gasteiger partial charge in [0.1, 0.15) is 5.65 Å². The zero-order chi connectivity index (χ0) is 10.6. The van der Waals surface area contributed by atoms with Crippen LogP contribution in [0.25, 0.3) is 5.65 Å². The maximum Gasteiger partial charge on any atom is 0.290 e. The zero-order valence-electron chi connectivity index (χ0n) is 7.51. The van der Waals surface area contributed by atoms with E-state index in [0.29, 0.717) is 0 Å². The fraction of sp³-hybridized carbons (Fsp3) is 0.111. The number of fused-ring (bicyclic) bond motifs is 1. The molecule has 5 heteroatoms. The molecule has 0 unspecified atom stereocenters. The SMILES string of the molecule is Cc1cn2cc(Br)ccc2n1.O=CO. The van der Waals surface area contributed by atoms with Crippen molar-refractivity contribution < 1.29 is 9.90 Å². The summed E-state index contributed by atoms with van der Waals surface area (Å²) in [6.45, 7) is 1.74. The van der Waals surface area contributed by atoms with Gasteiger partial charge in [0.25, 0.3) is 6.47 Å². The molecule has 0 saturated heterocycles. The van der Waals surface area contributed by atoms with E-state index in [-0.39, 0.29) is 6.47 Å². The third-order valence-corrected chi connectivity index (χ3v) is 2.00. The van der Waals surface area contributed by atoms with Crippen molar-refractivity contribution in [3.63, 3.8) is 0 Å². The number of carbonyl (C=O) groups is 1. The van der Waals surface area contributed by atoms with E-state index >= 15 is 0 Å². The van der Waals surface area contributed by atoms with Gasteiger partial charge >= 0.3 is 0 Å². The molecule has 0 bridgehead atoms. The Morgan fingerprint density at radius 2 is 2.14 bits per heavy atom. The van der Waals surface area contributed by atoms with Crippen LogP contribution in [-0.2, 0) is 4.79 Å².